The van der Waals surface area contributed by atoms with Gasteiger partial charge < -0.3 is 15.2 Å². The molecule has 0 saturated carbocycles. The standard InChI is InChI=1S/C17H23FN4/c1-3-19-17(21-12-15-9-11-22(2)13-15)20-10-8-14-4-6-16(18)7-5-14/h4-7,9,11,13H,3,8,10,12H2,1-2H3,(H2,19,20,21). The highest BCUT2D eigenvalue weighted by Crippen LogP contribution is 2.03. The number of benzene rings is 1. The zero-order valence-corrected chi connectivity index (χ0v) is 13.1. The number of hydrogen-bond acceptors (Lipinski definition) is 1. The molecule has 0 aliphatic heterocycles. The van der Waals surface area contributed by atoms with Crippen molar-refractivity contribution in [1.29, 1.82) is 0 Å². The van der Waals surface area contributed by atoms with Crippen LogP contribution in [0.2, 0.25) is 0 Å². The van der Waals surface area contributed by atoms with Crippen molar-refractivity contribution in [2.24, 2.45) is 12.0 Å². The lowest BCUT2D eigenvalue weighted by molar-refractivity contribution is 0.626. The summed E-state index contributed by atoms with van der Waals surface area (Å²) in [5.41, 5.74) is 2.28. The number of nitrogens with one attached hydrogen (secondary N) is 2. The molecule has 22 heavy (non-hydrogen) atoms. The van der Waals surface area contributed by atoms with Gasteiger partial charge in [0, 0.05) is 32.5 Å². The molecular formula is C17H23FN4. The molecule has 0 spiro atoms. The fourth-order valence-corrected chi connectivity index (χ4v) is 2.14. The summed E-state index contributed by atoms with van der Waals surface area (Å²) in [6.07, 6.45) is 4.90. The molecule has 0 atom stereocenters. The first-order valence-corrected chi connectivity index (χ1v) is 7.55. The smallest absolute Gasteiger partial charge is 0.191 e. The first-order chi connectivity index (χ1) is 10.7. The zero-order chi connectivity index (χ0) is 15.8. The van der Waals surface area contributed by atoms with Crippen LogP contribution in [-0.4, -0.2) is 23.6 Å². The van der Waals surface area contributed by atoms with Gasteiger partial charge in [0.2, 0.25) is 0 Å². The van der Waals surface area contributed by atoms with E-state index in [-0.39, 0.29) is 5.82 Å². The van der Waals surface area contributed by atoms with Gasteiger partial charge in [0.15, 0.2) is 5.96 Å². The summed E-state index contributed by atoms with van der Waals surface area (Å²) in [6.45, 7) is 4.26. The van der Waals surface area contributed by atoms with Gasteiger partial charge >= 0.3 is 0 Å². The first kappa shape index (κ1) is 16.1. The normalized spacial score (nSPS) is 11.5. The summed E-state index contributed by atoms with van der Waals surface area (Å²) in [5.74, 6) is 0.600. The third-order valence-electron chi connectivity index (χ3n) is 3.28. The minimum absolute atomic E-state index is 0.200. The van der Waals surface area contributed by atoms with Crippen LogP contribution in [0, 0.1) is 5.82 Å². The van der Waals surface area contributed by atoms with E-state index in [9.17, 15) is 4.39 Å². The van der Waals surface area contributed by atoms with Gasteiger partial charge in [0.1, 0.15) is 5.82 Å². The fraction of sp³-hybridized carbons (Fsp3) is 0.353. The predicted molar refractivity (Wildman–Crippen MR) is 88.3 cm³/mol. The second kappa shape index (κ2) is 8.22. The topological polar surface area (TPSA) is 41.4 Å². The molecule has 2 rings (SSSR count). The molecule has 0 fully saturated rings. The molecule has 0 aliphatic carbocycles. The fourth-order valence-electron chi connectivity index (χ4n) is 2.14. The van der Waals surface area contributed by atoms with Gasteiger partial charge in [-0.05, 0) is 42.7 Å². The van der Waals surface area contributed by atoms with Crippen LogP contribution in [-0.2, 0) is 20.0 Å². The van der Waals surface area contributed by atoms with Gasteiger partial charge in [-0.15, -0.1) is 0 Å². The number of halogens is 1. The maximum absolute atomic E-state index is 12.9. The molecular weight excluding hydrogens is 279 g/mol. The van der Waals surface area contributed by atoms with Crippen LogP contribution in [0.5, 0.6) is 0 Å². The lowest BCUT2D eigenvalue weighted by Gasteiger charge is -2.11. The van der Waals surface area contributed by atoms with E-state index in [1.54, 1.807) is 0 Å². The Morgan fingerprint density at radius 2 is 1.91 bits per heavy atom. The number of nitrogens with zero attached hydrogens (tertiary/aromatic N) is 2. The van der Waals surface area contributed by atoms with E-state index in [2.05, 4.69) is 27.9 Å². The summed E-state index contributed by atoms with van der Waals surface area (Å²) in [5, 5.41) is 6.53. The van der Waals surface area contributed by atoms with Crippen molar-refractivity contribution in [3.63, 3.8) is 0 Å². The highest BCUT2D eigenvalue weighted by molar-refractivity contribution is 5.79. The van der Waals surface area contributed by atoms with Crippen molar-refractivity contribution in [3.8, 4) is 0 Å². The number of hydrogen-bond donors (Lipinski definition) is 2. The summed E-state index contributed by atoms with van der Waals surface area (Å²) in [4.78, 5) is 4.56. The lowest BCUT2D eigenvalue weighted by atomic mass is 10.1. The Balaban J connectivity index is 1.84. The average molecular weight is 302 g/mol. The van der Waals surface area contributed by atoms with Gasteiger partial charge in [-0.25, -0.2) is 9.38 Å². The van der Waals surface area contributed by atoms with Crippen molar-refractivity contribution in [1.82, 2.24) is 15.2 Å². The summed E-state index contributed by atoms with van der Waals surface area (Å²) >= 11 is 0. The van der Waals surface area contributed by atoms with Crippen LogP contribution in [0.4, 0.5) is 4.39 Å². The molecule has 0 radical (unpaired) electrons. The molecule has 4 nitrogen and oxygen atoms in total. The Kier molecular flexibility index (Phi) is 6.01. The van der Waals surface area contributed by atoms with Gasteiger partial charge in [-0.1, -0.05) is 12.1 Å². The van der Waals surface area contributed by atoms with E-state index in [1.165, 1.54) is 17.7 Å². The maximum Gasteiger partial charge on any atom is 0.191 e. The molecule has 0 amide bonds. The Bertz CT molecular complexity index is 601. The van der Waals surface area contributed by atoms with Crippen molar-refractivity contribution in [3.05, 3.63) is 59.7 Å². The number of rotatable bonds is 6. The molecule has 0 unspecified atom stereocenters. The van der Waals surface area contributed by atoms with E-state index in [0.717, 1.165) is 31.0 Å². The number of aryl methyl sites for hydroxylation is 1. The van der Waals surface area contributed by atoms with Gasteiger partial charge in [0.05, 0.1) is 6.54 Å². The molecule has 1 heterocycles. The van der Waals surface area contributed by atoms with Crippen LogP contribution in [0.15, 0.2) is 47.7 Å². The minimum atomic E-state index is -0.200. The quantitative estimate of drug-likeness (QED) is 0.636. The van der Waals surface area contributed by atoms with Crippen LogP contribution < -0.4 is 10.6 Å². The Morgan fingerprint density at radius 1 is 1.14 bits per heavy atom. The first-order valence-electron chi connectivity index (χ1n) is 7.55. The lowest BCUT2D eigenvalue weighted by Crippen LogP contribution is -2.38. The van der Waals surface area contributed by atoms with Gasteiger partial charge in [-0.2, -0.15) is 0 Å². The molecule has 0 bridgehead atoms. The van der Waals surface area contributed by atoms with Gasteiger partial charge in [0.25, 0.3) is 0 Å². The highest BCUT2D eigenvalue weighted by Gasteiger charge is 1.99. The van der Waals surface area contributed by atoms with Crippen molar-refractivity contribution in [2.45, 2.75) is 19.9 Å². The molecule has 0 aliphatic rings. The number of aromatic nitrogens is 1. The van der Waals surface area contributed by atoms with Crippen LogP contribution in [0.1, 0.15) is 18.1 Å². The van der Waals surface area contributed by atoms with Crippen LogP contribution >= 0.6 is 0 Å². The summed E-state index contributed by atoms with van der Waals surface area (Å²) in [6, 6.07) is 8.66. The van der Waals surface area contributed by atoms with Crippen LogP contribution in [0.3, 0.4) is 0 Å². The third kappa shape index (κ3) is 5.24. The zero-order valence-electron chi connectivity index (χ0n) is 13.1. The second-order valence-electron chi connectivity index (χ2n) is 5.18. The van der Waals surface area contributed by atoms with Crippen LogP contribution in [0.25, 0.3) is 0 Å². The molecule has 2 N–H and O–H groups in total. The van der Waals surface area contributed by atoms with Crippen molar-refractivity contribution >= 4 is 5.96 Å². The average Bonchev–Trinajstić information content (AvgIpc) is 2.92. The maximum atomic E-state index is 12.9. The molecule has 5 heteroatoms. The monoisotopic (exact) mass is 302 g/mol. The summed E-state index contributed by atoms with van der Waals surface area (Å²) in [7, 11) is 2.00. The number of guanidine groups is 1. The Hall–Kier alpha value is -2.30. The molecule has 0 saturated heterocycles. The molecule has 1 aromatic carbocycles. The van der Waals surface area contributed by atoms with Crippen molar-refractivity contribution < 1.29 is 4.39 Å². The van der Waals surface area contributed by atoms with E-state index in [1.807, 2.05) is 36.9 Å². The van der Waals surface area contributed by atoms with E-state index < -0.39 is 0 Å². The third-order valence-corrected chi connectivity index (χ3v) is 3.28. The largest absolute Gasteiger partial charge is 0.357 e. The van der Waals surface area contributed by atoms with E-state index in [0.29, 0.717) is 6.54 Å². The Morgan fingerprint density at radius 3 is 2.55 bits per heavy atom. The SMILES string of the molecule is CCNC(=NCc1ccn(C)c1)NCCc1ccc(F)cc1. The molecule has 1 aromatic heterocycles. The van der Waals surface area contributed by atoms with Crippen molar-refractivity contribution in [2.75, 3.05) is 13.1 Å². The van der Waals surface area contributed by atoms with E-state index >= 15 is 0 Å². The highest BCUT2D eigenvalue weighted by atomic mass is 19.1. The molecule has 118 valence electrons. The van der Waals surface area contributed by atoms with Gasteiger partial charge in [-0.3, -0.25) is 0 Å². The number of aliphatic imine (C=N–C) groups is 1. The predicted octanol–water partition coefficient (Wildman–Crippen LogP) is 2.46. The molecule has 2 aromatic rings. The Labute approximate surface area is 131 Å². The second-order valence-corrected chi connectivity index (χ2v) is 5.18. The summed E-state index contributed by atoms with van der Waals surface area (Å²) < 4.78 is 14.9. The van der Waals surface area contributed by atoms with E-state index in [4.69, 9.17) is 0 Å². The minimum Gasteiger partial charge on any atom is -0.357 e.